The van der Waals surface area contributed by atoms with Crippen LogP contribution < -0.4 is 5.32 Å². The highest BCUT2D eigenvalue weighted by Crippen LogP contribution is 2.17. The van der Waals surface area contributed by atoms with Gasteiger partial charge in [-0.1, -0.05) is 218 Å². The molecule has 326 valence electrons. The Morgan fingerprint density at radius 2 is 0.764 bits per heavy atom. The number of nitrogens with one attached hydrogen (secondary N) is 1. The van der Waals surface area contributed by atoms with Crippen molar-refractivity contribution < 1.29 is 25.2 Å². The summed E-state index contributed by atoms with van der Waals surface area (Å²) < 4.78 is 0. The van der Waals surface area contributed by atoms with E-state index >= 15 is 0 Å². The number of rotatable bonds is 44. The molecule has 0 aromatic carbocycles. The molecule has 0 saturated carbocycles. The number of unbranched alkanes of at least 4 members (excludes halogenated alkanes) is 31. The van der Waals surface area contributed by atoms with Gasteiger partial charge in [-0.15, -0.1) is 0 Å². The van der Waals surface area contributed by atoms with Gasteiger partial charge >= 0.3 is 0 Å². The van der Waals surface area contributed by atoms with Crippen LogP contribution in [-0.4, -0.2) is 57.3 Å². The van der Waals surface area contributed by atoms with Crippen molar-refractivity contribution in [3.8, 4) is 0 Å². The molecular formula is C49H95NO5. The lowest BCUT2D eigenvalue weighted by molar-refractivity contribution is -0.132. The fraction of sp³-hybridized carbons (Fsp3) is 0.898. The largest absolute Gasteiger partial charge is 0.394 e. The second-order valence-corrected chi connectivity index (χ2v) is 16.8. The minimum Gasteiger partial charge on any atom is -0.394 e. The van der Waals surface area contributed by atoms with Crippen molar-refractivity contribution in [2.45, 2.75) is 276 Å². The summed E-state index contributed by atoms with van der Waals surface area (Å²) in [5.74, 6) is -0.604. The summed E-state index contributed by atoms with van der Waals surface area (Å²) in [6.45, 7) is 3.99. The van der Waals surface area contributed by atoms with Gasteiger partial charge in [0.2, 0.25) is 5.91 Å². The van der Waals surface area contributed by atoms with Crippen LogP contribution >= 0.6 is 0 Å². The van der Waals surface area contributed by atoms with Gasteiger partial charge in [-0.05, 0) is 57.8 Å². The predicted molar refractivity (Wildman–Crippen MR) is 237 cm³/mol. The summed E-state index contributed by atoms with van der Waals surface area (Å²) in [5, 5.41) is 43.6. The summed E-state index contributed by atoms with van der Waals surface area (Å²) in [6, 6.07) is -1.00. The molecule has 0 rings (SSSR count). The topological polar surface area (TPSA) is 110 Å². The first-order valence-electron chi connectivity index (χ1n) is 24.2. The molecule has 55 heavy (non-hydrogen) atoms. The molecule has 1 amide bonds. The number of amides is 1. The zero-order chi connectivity index (χ0) is 40.3. The van der Waals surface area contributed by atoms with Crippen LogP contribution in [0.1, 0.15) is 251 Å². The number of hydrogen-bond donors (Lipinski definition) is 5. The van der Waals surface area contributed by atoms with Crippen LogP contribution in [0.15, 0.2) is 24.3 Å². The van der Waals surface area contributed by atoms with E-state index < -0.39 is 36.9 Å². The van der Waals surface area contributed by atoms with Crippen LogP contribution in [0.3, 0.4) is 0 Å². The first-order chi connectivity index (χ1) is 27.0. The number of aliphatic hydroxyl groups excluding tert-OH is 4. The molecule has 0 aromatic heterocycles. The van der Waals surface area contributed by atoms with Gasteiger partial charge in [-0.2, -0.15) is 0 Å². The lowest BCUT2D eigenvalue weighted by Gasteiger charge is -2.27. The molecule has 0 radical (unpaired) electrons. The minimum absolute atomic E-state index is 0.348. The number of carbonyl (C=O) groups excluding carboxylic acids is 1. The van der Waals surface area contributed by atoms with Crippen molar-refractivity contribution in [3.63, 3.8) is 0 Å². The second kappa shape index (κ2) is 43.9. The molecule has 0 aliphatic heterocycles. The summed E-state index contributed by atoms with van der Waals surface area (Å²) >= 11 is 0. The average molecular weight is 778 g/mol. The van der Waals surface area contributed by atoms with E-state index in [4.69, 9.17) is 0 Å². The van der Waals surface area contributed by atoms with Crippen LogP contribution in [0.25, 0.3) is 0 Å². The molecule has 0 heterocycles. The molecule has 0 aliphatic carbocycles. The number of allylic oxidation sites excluding steroid dienone is 4. The molecule has 0 fully saturated rings. The molecule has 5 N–H and O–H groups in total. The van der Waals surface area contributed by atoms with Gasteiger partial charge in [0, 0.05) is 0 Å². The Labute approximate surface area is 342 Å². The highest BCUT2D eigenvalue weighted by molar-refractivity contribution is 5.80. The minimum atomic E-state index is -1.28. The summed E-state index contributed by atoms with van der Waals surface area (Å²) in [4.78, 5) is 12.4. The monoisotopic (exact) mass is 778 g/mol. The van der Waals surface area contributed by atoms with Gasteiger partial charge < -0.3 is 25.7 Å². The Kier molecular flexibility index (Phi) is 42.9. The quantitative estimate of drug-likeness (QED) is 0.0313. The predicted octanol–water partition coefficient (Wildman–Crippen LogP) is 13.1. The third-order valence-corrected chi connectivity index (χ3v) is 11.4. The molecule has 0 bridgehead atoms. The Morgan fingerprint density at radius 3 is 1.15 bits per heavy atom. The molecule has 0 saturated heterocycles. The van der Waals surface area contributed by atoms with Crippen LogP contribution in [0, 0.1) is 0 Å². The first-order valence-corrected chi connectivity index (χ1v) is 24.2. The van der Waals surface area contributed by atoms with Crippen molar-refractivity contribution in [2.24, 2.45) is 0 Å². The van der Waals surface area contributed by atoms with Crippen LogP contribution in [0.5, 0.6) is 0 Å². The molecule has 0 aromatic rings. The summed E-state index contributed by atoms with van der Waals surface area (Å²) in [6.07, 6.45) is 51.1. The van der Waals surface area contributed by atoms with Crippen molar-refractivity contribution in [3.05, 3.63) is 24.3 Å². The van der Waals surface area contributed by atoms with Crippen molar-refractivity contribution in [1.82, 2.24) is 5.32 Å². The SMILES string of the molecule is CCCC/C=C\CCCCCCC(O)C(=O)NC(CO)C(O)C(O)CCC/C=C/CCCCCCCCCCCCCCCCCCCCCCCCCC. The molecule has 6 heteroatoms. The van der Waals surface area contributed by atoms with Gasteiger partial charge in [0.1, 0.15) is 12.2 Å². The van der Waals surface area contributed by atoms with Crippen LogP contribution in [0.2, 0.25) is 0 Å². The van der Waals surface area contributed by atoms with E-state index in [0.29, 0.717) is 12.8 Å². The average Bonchev–Trinajstić information content (AvgIpc) is 3.19. The third kappa shape index (κ3) is 38.1. The highest BCUT2D eigenvalue weighted by atomic mass is 16.3. The van der Waals surface area contributed by atoms with Crippen LogP contribution in [-0.2, 0) is 4.79 Å². The van der Waals surface area contributed by atoms with Crippen LogP contribution in [0.4, 0.5) is 0 Å². The third-order valence-electron chi connectivity index (χ3n) is 11.4. The Bertz CT molecular complexity index is 832. The van der Waals surface area contributed by atoms with Crippen molar-refractivity contribution in [1.29, 1.82) is 0 Å². The first kappa shape index (κ1) is 53.8. The van der Waals surface area contributed by atoms with Gasteiger partial charge in [-0.3, -0.25) is 4.79 Å². The number of hydrogen-bond acceptors (Lipinski definition) is 5. The van der Waals surface area contributed by atoms with E-state index in [9.17, 15) is 25.2 Å². The molecule has 4 unspecified atom stereocenters. The Morgan fingerprint density at radius 1 is 0.436 bits per heavy atom. The van der Waals surface area contributed by atoms with E-state index in [-0.39, 0.29) is 0 Å². The second-order valence-electron chi connectivity index (χ2n) is 16.8. The van der Waals surface area contributed by atoms with E-state index in [0.717, 1.165) is 57.8 Å². The number of carbonyl (C=O) groups is 1. The Balaban J connectivity index is 3.61. The van der Waals surface area contributed by atoms with E-state index in [1.807, 2.05) is 0 Å². The molecule has 6 nitrogen and oxygen atoms in total. The number of aliphatic hydroxyl groups is 4. The van der Waals surface area contributed by atoms with E-state index in [1.54, 1.807) is 0 Å². The lowest BCUT2D eigenvalue weighted by Crippen LogP contribution is -2.53. The maximum absolute atomic E-state index is 12.4. The normalized spacial score (nSPS) is 14.2. The standard InChI is InChI=1S/C49H95NO5/c1-3-5-7-9-11-13-15-16-17-18-19-20-21-22-23-24-25-26-27-28-29-30-31-32-33-35-36-38-40-42-46(52)48(54)45(44-51)50-49(55)47(53)43-41-39-37-34-14-12-10-8-6-4-2/h10,12,35-36,45-48,51-54H,3-9,11,13-34,37-44H2,1-2H3,(H,50,55)/b12-10-,36-35+. The molecular weight excluding hydrogens is 683 g/mol. The Hall–Kier alpha value is -1.21. The zero-order valence-electron chi connectivity index (χ0n) is 36.7. The van der Waals surface area contributed by atoms with Gasteiger partial charge in [0.25, 0.3) is 0 Å². The summed E-state index contributed by atoms with van der Waals surface area (Å²) in [5.41, 5.74) is 0. The lowest BCUT2D eigenvalue weighted by atomic mass is 10.00. The summed E-state index contributed by atoms with van der Waals surface area (Å²) in [7, 11) is 0. The fourth-order valence-corrected chi connectivity index (χ4v) is 7.50. The smallest absolute Gasteiger partial charge is 0.249 e. The van der Waals surface area contributed by atoms with Gasteiger partial charge in [0.05, 0.1) is 18.8 Å². The molecule has 4 atom stereocenters. The van der Waals surface area contributed by atoms with Gasteiger partial charge in [0.15, 0.2) is 0 Å². The maximum Gasteiger partial charge on any atom is 0.249 e. The highest BCUT2D eigenvalue weighted by Gasteiger charge is 2.28. The maximum atomic E-state index is 12.4. The van der Waals surface area contributed by atoms with Crippen molar-refractivity contribution >= 4 is 5.91 Å². The van der Waals surface area contributed by atoms with Crippen molar-refractivity contribution in [2.75, 3.05) is 6.61 Å². The fourth-order valence-electron chi connectivity index (χ4n) is 7.50. The zero-order valence-corrected chi connectivity index (χ0v) is 36.7. The molecule has 0 spiro atoms. The van der Waals surface area contributed by atoms with E-state index in [2.05, 4.69) is 43.5 Å². The van der Waals surface area contributed by atoms with E-state index in [1.165, 1.54) is 167 Å². The van der Waals surface area contributed by atoms with Gasteiger partial charge in [-0.25, -0.2) is 0 Å². The molecule has 0 aliphatic rings.